The molecule has 1 fully saturated rings. The van der Waals surface area contributed by atoms with Gasteiger partial charge in [0.25, 0.3) is 0 Å². The second kappa shape index (κ2) is 6.69. The number of anilines is 1. The number of nitrogens with zero attached hydrogens (tertiary/aromatic N) is 3. The minimum atomic E-state index is -0.106. The second-order valence-corrected chi connectivity index (χ2v) is 5.83. The summed E-state index contributed by atoms with van der Waals surface area (Å²) in [5.74, 6) is 1.54. The first-order chi connectivity index (χ1) is 9.54. The van der Waals surface area contributed by atoms with Crippen molar-refractivity contribution in [2.45, 2.75) is 26.7 Å². The molecule has 1 aliphatic rings. The minimum Gasteiger partial charge on any atom is -0.379 e. The van der Waals surface area contributed by atoms with Gasteiger partial charge in [-0.1, -0.05) is 19.0 Å². The number of nitrogens with two attached hydrogens (primary N) is 1. The summed E-state index contributed by atoms with van der Waals surface area (Å²) in [5, 5.41) is 9.91. The third-order valence-corrected chi connectivity index (χ3v) is 3.61. The van der Waals surface area contributed by atoms with E-state index in [4.69, 9.17) is 5.73 Å². The van der Waals surface area contributed by atoms with Crippen molar-refractivity contribution in [2.75, 3.05) is 31.9 Å². The lowest BCUT2D eigenvalue weighted by Gasteiger charge is -2.34. The number of rotatable bonds is 5. The monoisotopic (exact) mass is 281 g/mol. The molecule has 112 valence electrons. The molecule has 7 heteroatoms. The fourth-order valence-electron chi connectivity index (χ4n) is 2.88. The van der Waals surface area contributed by atoms with E-state index in [-0.39, 0.29) is 18.1 Å². The molecule has 0 unspecified atom stereocenters. The van der Waals surface area contributed by atoms with E-state index in [0.717, 1.165) is 31.5 Å². The van der Waals surface area contributed by atoms with Crippen LogP contribution >= 0.6 is 0 Å². The second-order valence-electron chi connectivity index (χ2n) is 5.83. The SMILES string of the molecule is C[C@H]1C[C@H](C)CN(CCNC(=O)Cc2nonc2N)C1. The largest absolute Gasteiger partial charge is 0.379 e. The maximum Gasteiger partial charge on any atom is 0.226 e. The fraction of sp³-hybridized carbons (Fsp3) is 0.769. The van der Waals surface area contributed by atoms with Crippen LogP contribution in [0, 0.1) is 11.8 Å². The van der Waals surface area contributed by atoms with Gasteiger partial charge in [-0.15, -0.1) is 0 Å². The first-order valence-electron chi connectivity index (χ1n) is 7.10. The number of hydrogen-bond donors (Lipinski definition) is 2. The number of nitrogen functional groups attached to an aromatic ring is 1. The van der Waals surface area contributed by atoms with Gasteiger partial charge in [0.15, 0.2) is 5.82 Å². The minimum absolute atomic E-state index is 0.106. The van der Waals surface area contributed by atoms with Crippen LogP contribution in [0.5, 0.6) is 0 Å². The summed E-state index contributed by atoms with van der Waals surface area (Å²) in [7, 11) is 0. The molecule has 0 saturated carbocycles. The van der Waals surface area contributed by atoms with Crippen LogP contribution in [0.15, 0.2) is 4.63 Å². The molecule has 3 N–H and O–H groups in total. The van der Waals surface area contributed by atoms with Crippen molar-refractivity contribution in [1.82, 2.24) is 20.5 Å². The van der Waals surface area contributed by atoms with Crippen molar-refractivity contribution < 1.29 is 9.42 Å². The van der Waals surface area contributed by atoms with Crippen LogP contribution in [-0.2, 0) is 11.2 Å². The summed E-state index contributed by atoms with van der Waals surface area (Å²) in [6, 6.07) is 0. The maximum atomic E-state index is 11.7. The van der Waals surface area contributed by atoms with Crippen LogP contribution in [-0.4, -0.2) is 47.3 Å². The van der Waals surface area contributed by atoms with E-state index in [1.165, 1.54) is 6.42 Å². The number of hydrogen-bond acceptors (Lipinski definition) is 6. The van der Waals surface area contributed by atoms with Gasteiger partial charge in [-0.05, 0) is 23.4 Å². The molecular formula is C13H23N5O2. The Kier molecular flexibility index (Phi) is 4.94. The topological polar surface area (TPSA) is 97.3 Å². The van der Waals surface area contributed by atoms with Gasteiger partial charge in [-0.2, -0.15) is 0 Å². The Morgan fingerprint density at radius 3 is 2.70 bits per heavy atom. The van der Waals surface area contributed by atoms with Gasteiger partial charge in [-0.25, -0.2) is 4.63 Å². The molecule has 20 heavy (non-hydrogen) atoms. The van der Waals surface area contributed by atoms with Crippen LogP contribution in [0.1, 0.15) is 26.0 Å². The number of amides is 1. The van der Waals surface area contributed by atoms with Gasteiger partial charge in [-0.3, -0.25) is 4.79 Å². The molecule has 0 bridgehead atoms. The normalized spacial score (nSPS) is 23.7. The number of likely N-dealkylation sites (tertiary alicyclic amines) is 1. The number of piperidine rings is 1. The molecule has 1 saturated heterocycles. The molecule has 0 aromatic carbocycles. The zero-order chi connectivity index (χ0) is 14.5. The Labute approximate surface area is 118 Å². The molecule has 0 aliphatic carbocycles. The number of aromatic nitrogens is 2. The molecular weight excluding hydrogens is 258 g/mol. The van der Waals surface area contributed by atoms with Crippen LogP contribution in [0.25, 0.3) is 0 Å². The van der Waals surface area contributed by atoms with E-state index in [0.29, 0.717) is 12.2 Å². The smallest absolute Gasteiger partial charge is 0.226 e. The fourth-order valence-corrected chi connectivity index (χ4v) is 2.88. The first kappa shape index (κ1) is 14.8. The molecule has 2 heterocycles. The number of nitrogens with one attached hydrogen (secondary N) is 1. The zero-order valence-corrected chi connectivity index (χ0v) is 12.1. The molecule has 2 atom stereocenters. The van der Waals surface area contributed by atoms with E-state index >= 15 is 0 Å². The summed E-state index contributed by atoms with van der Waals surface area (Å²) in [6.45, 7) is 8.31. The Balaban J connectivity index is 1.68. The highest BCUT2D eigenvalue weighted by molar-refractivity contribution is 5.79. The van der Waals surface area contributed by atoms with E-state index < -0.39 is 0 Å². The predicted molar refractivity (Wildman–Crippen MR) is 74.8 cm³/mol. The van der Waals surface area contributed by atoms with Crippen molar-refractivity contribution in [2.24, 2.45) is 11.8 Å². The Hall–Kier alpha value is -1.63. The highest BCUT2D eigenvalue weighted by Crippen LogP contribution is 2.20. The lowest BCUT2D eigenvalue weighted by Crippen LogP contribution is -2.43. The third-order valence-electron chi connectivity index (χ3n) is 3.61. The predicted octanol–water partition coefficient (Wildman–Crippen LogP) is 0.288. The Morgan fingerprint density at radius 2 is 2.10 bits per heavy atom. The maximum absolute atomic E-state index is 11.7. The Bertz CT molecular complexity index is 438. The van der Waals surface area contributed by atoms with Crippen molar-refractivity contribution in [3.05, 3.63) is 5.69 Å². The molecule has 1 amide bonds. The molecule has 1 aliphatic heterocycles. The summed E-state index contributed by atoms with van der Waals surface area (Å²) in [5.41, 5.74) is 5.90. The van der Waals surface area contributed by atoms with Gasteiger partial charge < -0.3 is 16.0 Å². The highest BCUT2D eigenvalue weighted by Gasteiger charge is 2.21. The summed E-state index contributed by atoms with van der Waals surface area (Å²) in [6.07, 6.45) is 1.41. The van der Waals surface area contributed by atoms with Crippen LogP contribution in [0.2, 0.25) is 0 Å². The van der Waals surface area contributed by atoms with Crippen molar-refractivity contribution in [3.63, 3.8) is 0 Å². The highest BCUT2D eigenvalue weighted by atomic mass is 16.6. The van der Waals surface area contributed by atoms with Crippen LogP contribution in [0.4, 0.5) is 5.82 Å². The lowest BCUT2D eigenvalue weighted by molar-refractivity contribution is -0.120. The van der Waals surface area contributed by atoms with Gasteiger partial charge in [0.1, 0.15) is 5.69 Å². The van der Waals surface area contributed by atoms with Crippen LogP contribution in [0.3, 0.4) is 0 Å². The third kappa shape index (κ3) is 4.19. The zero-order valence-electron chi connectivity index (χ0n) is 12.1. The van der Waals surface area contributed by atoms with Gasteiger partial charge in [0.2, 0.25) is 5.91 Å². The molecule has 1 aromatic heterocycles. The van der Waals surface area contributed by atoms with Crippen LogP contribution < -0.4 is 11.1 Å². The quantitative estimate of drug-likeness (QED) is 0.805. The van der Waals surface area contributed by atoms with Gasteiger partial charge in [0.05, 0.1) is 6.42 Å². The summed E-state index contributed by atoms with van der Waals surface area (Å²) in [4.78, 5) is 14.1. The number of carbonyl (C=O) groups is 1. The molecule has 0 radical (unpaired) electrons. The van der Waals surface area contributed by atoms with E-state index in [1.807, 2.05) is 0 Å². The lowest BCUT2D eigenvalue weighted by atomic mass is 9.92. The van der Waals surface area contributed by atoms with Crippen molar-refractivity contribution in [3.8, 4) is 0 Å². The van der Waals surface area contributed by atoms with Crippen molar-refractivity contribution in [1.29, 1.82) is 0 Å². The molecule has 1 aromatic rings. The van der Waals surface area contributed by atoms with Crippen molar-refractivity contribution >= 4 is 11.7 Å². The van der Waals surface area contributed by atoms with E-state index in [2.05, 4.69) is 39.0 Å². The summed E-state index contributed by atoms with van der Waals surface area (Å²) < 4.78 is 4.46. The standard InChI is InChI=1S/C13H23N5O2/c1-9-5-10(2)8-18(7-9)4-3-15-12(19)6-11-13(14)17-20-16-11/h9-10H,3-8H2,1-2H3,(H2,14,17)(H,15,19)/t9-,10-/m0/s1. The Morgan fingerprint density at radius 1 is 1.40 bits per heavy atom. The van der Waals surface area contributed by atoms with Gasteiger partial charge in [0, 0.05) is 26.2 Å². The molecule has 7 nitrogen and oxygen atoms in total. The first-order valence-corrected chi connectivity index (χ1v) is 7.10. The van der Waals surface area contributed by atoms with E-state index in [9.17, 15) is 4.79 Å². The average molecular weight is 281 g/mol. The molecule has 0 spiro atoms. The summed E-state index contributed by atoms with van der Waals surface area (Å²) >= 11 is 0. The molecule has 2 rings (SSSR count). The average Bonchev–Trinajstić information content (AvgIpc) is 2.73. The number of carbonyl (C=O) groups excluding carboxylic acids is 1. The van der Waals surface area contributed by atoms with Gasteiger partial charge >= 0.3 is 0 Å². The van der Waals surface area contributed by atoms with E-state index in [1.54, 1.807) is 0 Å².